The summed E-state index contributed by atoms with van der Waals surface area (Å²) in [7, 11) is 0. The van der Waals surface area contributed by atoms with Gasteiger partial charge in [0, 0.05) is 23.3 Å². The summed E-state index contributed by atoms with van der Waals surface area (Å²) in [4.78, 5) is 11.1. The average Bonchev–Trinajstić information content (AvgIpc) is 2.80. The monoisotopic (exact) mass is 300 g/mol. The summed E-state index contributed by atoms with van der Waals surface area (Å²) in [6.07, 6.45) is 2.10. The second kappa shape index (κ2) is 5.78. The molecular weight excluding hydrogens is 284 g/mol. The van der Waals surface area contributed by atoms with Crippen molar-refractivity contribution >= 4 is 28.9 Å². The van der Waals surface area contributed by atoms with Crippen LogP contribution in [0.4, 0.5) is 11.4 Å². The van der Waals surface area contributed by atoms with E-state index in [1.165, 1.54) is 18.1 Å². The first-order valence-electron chi connectivity index (χ1n) is 7.04. The molecule has 3 nitrogen and oxygen atoms in total. The van der Waals surface area contributed by atoms with Crippen LogP contribution in [0.25, 0.3) is 0 Å². The summed E-state index contributed by atoms with van der Waals surface area (Å²) >= 11 is 6.04. The zero-order valence-corrected chi connectivity index (χ0v) is 12.6. The zero-order chi connectivity index (χ0) is 14.8. The molecule has 21 heavy (non-hydrogen) atoms. The van der Waals surface area contributed by atoms with Crippen LogP contribution in [0.2, 0.25) is 5.02 Å². The minimum absolute atomic E-state index is 0.0620. The minimum Gasteiger partial charge on any atom is -0.378 e. The molecule has 0 radical (unpaired) electrons. The van der Waals surface area contributed by atoms with Gasteiger partial charge in [-0.3, -0.25) is 4.79 Å². The van der Waals surface area contributed by atoms with Crippen molar-refractivity contribution in [3.05, 3.63) is 58.6 Å². The maximum absolute atomic E-state index is 11.1. The molecule has 1 aliphatic rings. The first-order valence-corrected chi connectivity index (χ1v) is 7.42. The predicted molar refractivity (Wildman–Crippen MR) is 86.9 cm³/mol. The molecule has 3 rings (SSSR count). The SMILES string of the molecule is CC(=O)Nc1cccc(NC2CCc3cc(Cl)ccc32)c1. The summed E-state index contributed by atoms with van der Waals surface area (Å²) in [5.41, 5.74) is 4.44. The molecule has 1 amide bonds. The number of carbonyl (C=O) groups excluding carboxylic acids is 1. The normalized spacial score (nSPS) is 16.4. The van der Waals surface area contributed by atoms with Crippen LogP contribution in [0.5, 0.6) is 0 Å². The van der Waals surface area contributed by atoms with Crippen molar-refractivity contribution in [2.45, 2.75) is 25.8 Å². The molecule has 0 heterocycles. The van der Waals surface area contributed by atoms with E-state index in [4.69, 9.17) is 11.6 Å². The van der Waals surface area contributed by atoms with Crippen LogP contribution in [0.3, 0.4) is 0 Å². The van der Waals surface area contributed by atoms with Crippen LogP contribution in [0.15, 0.2) is 42.5 Å². The van der Waals surface area contributed by atoms with Crippen LogP contribution in [-0.2, 0) is 11.2 Å². The van der Waals surface area contributed by atoms with E-state index in [2.05, 4.69) is 16.7 Å². The fraction of sp³-hybridized carbons (Fsp3) is 0.235. The van der Waals surface area contributed by atoms with Crippen LogP contribution in [0, 0.1) is 0 Å². The number of amides is 1. The Morgan fingerprint density at radius 1 is 1.19 bits per heavy atom. The Kier molecular flexibility index (Phi) is 3.84. The molecule has 0 spiro atoms. The molecule has 0 fully saturated rings. The van der Waals surface area contributed by atoms with Crippen molar-refractivity contribution in [2.75, 3.05) is 10.6 Å². The third-order valence-corrected chi connectivity index (χ3v) is 3.94. The van der Waals surface area contributed by atoms with Crippen molar-refractivity contribution in [1.29, 1.82) is 0 Å². The fourth-order valence-corrected chi connectivity index (χ4v) is 3.02. The highest BCUT2D eigenvalue weighted by molar-refractivity contribution is 6.30. The molecule has 2 N–H and O–H groups in total. The number of aryl methyl sites for hydroxylation is 1. The van der Waals surface area contributed by atoms with Gasteiger partial charge in [0.1, 0.15) is 0 Å². The number of hydrogen-bond acceptors (Lipinski definition) is 2. The van der Waals surface area contributed by atoms with Gasteiger partial charge in [-0.1, -0.05) is 23.7 Å². The first kappa shape index (κ1) is 14.0. The molecule has 0 saturated carbocycles. The lowest BCUT2D eigenvalue weighted by molar-refractivity contribution is -0.114. The number of halogens is 1. The second-order valence-electron chi connectivity index (χ2n) is 5.34. The van der Waals surface area contributed by atoms with Crippen molar-refractivity contribution < 1.29 is 4.79 Å². The van der Waals surface area contributed by atoms with E-state index >= 15 is 0 Å². The van der Waals surface area contributed by atoms with Crippen LogP contribution in [-0.4, -0.2) is 5.91 Å². The van der Waals surface area contributed by atoms with Crippen molar-refractivity contribution in [2.24, 2.45) is 0 Å². The largest absolute Gasteiger partial charge is 0.378 e. The van der Waals surface area contributed by atoms with E-state index in [1.807, 2.05) is 36.4 Å². The van der Waals surface area contributed by atoms with Gasteiger partial charge in [-0.15, -0.1) is 0 Å². The summed E-state index contributed by atoms with van der Waals surface area (Å²) in [6.45, 7) is 1.51. The highest BCUT2D eigenvalue weighted by Gasteiger charge is 2.22. The van der Waals surface area contributed by atoms with Gasteiger partial charge >= 0.3 is 0 Å². The third-order valence-electron chi connectivity index (χ3n) is 3.71. The summed E-state index contributed by atoms with van der Waals surface area (Å²) < 4.78 is 0. The Morgan fingerprint density at radius 2 is 2.00 bits per heavy atom. The van der Waals surface area contributed by atoms with Crippen molar-refractivity contribution in [3.63, 3.8) is 0 Å². The molecule has 108 valence electrons. The Bertz CT molecular complexity index is 684. The van der Waals surface area contributed by atoms with Gasteiger partial charge in [0.25, 0.3) is 0 Å². The van der Waals surface area contributed by atoms with E-state index in [0.717, 1.165) is 29.2 Å². The smallest absolute Gasteiger partial charge is 0.221 e. The Labute approximate surface area is 129 Å². The number of benzene rings is 2. The zero-order valence-electron chi connectivity index (χ0n) is 11.8. The fourth-order valence-electron chi connectivity index (χ4n) is 2.83. The standard InChI is InChI=1S/C17H17ClN2O/c1-11(21)19-14-3-2-4-15(10-14)20-17-8-5-12-9-13(18)6-7-16(12)17/h2-4,6-7,9-10,17,20H,5,8H2,1H3,(H,19,21). The molecule has 0 aliphatic heterocycles. The van der Waals surface area contributed by atoms with Crippen LogP contribution >= 0.6 is 11.6 Å². The van der Waals surface area contributed by atoms with E-state index in [1.54, 1.807) is 0 Å². The van der Waals surface area contributed by atoms with E-state index < -0.39 is 0 Å². The quantitative estimate of drug-likeness (QED) is 0.882. The maximum atomic E-state index is 11.1. The number of anilines is 2. The topological polar surface area (TPSA) is 41.1 Å². The number of rotatable bonds is 3. The lowest BCUT2D eigenvalue weighted by Gasteiger charge is -2.16. The van der Waals surface area contributed by atoms with Gasteiger partial charge in [0.05, 0.1) is 6.04 Å². The molecule has 2 aromatic rings. The Hall–Kier alpha value is -2.00. The van der Waals surface area contributed by atoms with Gasteiger partial charge in [-0.05, 0) is 54.3 Å². The van der Waals surface area contributed by atoms with Crippen LogP contribution < -0.4 is 10.6 Å². The molecule has 1 unspecified atom stereocenters. The molecule has 1 atom stereocenters. The molecule has 0 saturated heterocycles. The number of hydrogen-bond donors (Lipinski definition) is 2. The van der Waals surface area contributed by atoms with Gasteiger partial charge in [-0.2, -0.15) is 0 Å². The lowest BCUT2D eigenvalue weighted by atomic mass is 10.1. The minimum atomic E-state index is -0.0620. The van der Waals surface area contributed by atoms with E-state index in [0.29, 0.717) is 6.04 Å². The molecule has 1 aliphatic carbocycles. The highest BCUT2D eigenvalue weighted by Crippen LogP contribution is 2.35. The Balaban J connectivity index is 1.78. The van der Waals surface area contributed by atoms with Gasteiger partial charge in [0.15, 0.2) is 0 Å². The highest BCUT2D eigenvalue weighted by atomic mass is 35.5. The first-order chi connectivity index (χ1) is 10.1. The van der Waals surface area contributed by atoms with Crippen LogP contribution in [0.1, 0.15) is 30.5 Å². The molecule has 0 bridgehead atoms. The number of fused-ring (bicyclic) bond motifs is 1. The van der Waals surface area contributed by atoms with Crippen molar-refractivity contribution in [3.8, 4) is 0 Å². The molecule has 2 aromatic carbocycles. The molecule has 0 aromatic heterocycles. The average molecular weight is 301 g/mol. The maximum Gasteiger partial charge on any atom is 0.221 e. The Morgan fingerprint density at radius 3 is 2.81 bits per heavy atom. The number of carbonyl (C=O) groups is 1. The van der Waals surface area contributed by atoms with Gasteiger partial charge in [-0.25, -0.2) is 0 Å². The van der Waals surface area contributed by atoms with Crippen molar-refractivity contribution in [1.82, 2.24) is 0 Å². The van der Waals surface area contributed by atoms with E-state index in [-0.39, 0.29) is 5.91 Å². The summed E-state index contributed by atoms with van der Waals surface area (Å²) in [6, 6.07) is 14.2. The number of nitrogens with one attached hydrogen (secondary N) is 2. The third kappa shape index (κ3) is 3.19. The second-order valence-corrected chi connectivity index (χ2v) is 5.78. The summed E-state index contributed by atoms with van der Waals surface area (Å²) in [5, 5.41) is 7.13. The predicted octanol–water partition coefficient (Wildman–Crippen LogP) is 4.40. The lowest BCUT2D eigenvalue weighted by Crippen LogP contribution is -2.09. The van der Waals surface area contributed by atoms with Gasteiger partial charge in [0.2, 0.25) is 5.91 Å². The molecular formula is C17H17ClN2O. The van der Waals surface area contributed by atoms with Gasteiger partial charge < -0.3 is 10.6 Å². The molecule has 4 heteroatoms. The van der Waals surface area contributed by atoms with E-state index in [9.17, 15) is 4.79 Å². The summed E-state index contributed by atoms with van der Waals surface area (Å²) in [5.74, 6) is -0.0620.